The summed E-state index contributed by atoms with van der Waals surface area (Å²) < 4.78 is 62.5. The molecule has 10 nitrogen and oxygen atoms in total. The van der Waals surface area contributed by atoms with Gasteiger partial charge in [-0.2, -0.15) is 16.8 Å². The van der Waals surface area contributed by atoms with E-state index in [1.807, 2.05) is 6.07 Å². The molecule has 0 bridgehead atoms. The molecule has 2 aromatic carbocycles. The Morgan fingerprint density at radius 1 is 0.682 bits per heavy atom. The Labute approximate surface area is 128 Å². The second-order valence-corrected chi connectivity index (χ2v) is 5.69. The molecule has 12 N–H and O–H groups in total. The molecular weight excluding hydrogens is 338 g/mol. The van der Waals surface area contributed by atoms with Crippen LogP contribution in [-0.4, -0.2) is 30.5 Å². The van der Waals surface area contributed by atoms with E-state index in [9.17, 15) is 8.42 Å². The maximum Gasteiger partial charge on any atom is 0.394 e. The molecule has 0 aliphatic heterocycles. The van der Waals surface area contributed by atoms with Crippen LogP contribution in [0.15, 0.2) is 47.4 Å². The second-order valence-electron chi connectivity index (χ2n) is 3.40. The maximum absolute atomic E-state index is 11.0. The van der Waals surface area contributed by atoms with Crippen LogP contribution in [0.4, 0.5) is 0 Å². The van der Waals surface area contributed by atoms with Gasteiger partial charge in [0.2, 0.25) is 0 Å². The van der Waals surface area contributed by atoms with Gasteiger partial charge in [-0.15, -0.1) is 0 Å². The fraction of sp³-hybridized carbons (Fsp3) is 0. The van der Waals surface area contributed by atoms with Gasteiger partial charge in [0.05, 0.1) is 0 Å². The molecule has 22 heavy (non-hydrogen) atoms. The first kappa shape index (κ1) is 25.3. The second kappa shape index (κ2) is 9.39. The van der Waals surface area contributed by atoms with Gasteiger partial charge in [-0.05, 0) is 11.5 Å². The molecule has 2 aromatic rings. The lowest BCUT2D eigenvalue weighted by Crippen LogP contribution is -1.98. The van der Waals surface area contributed by atoms with Crippen LogP contribution >= 0.6 is 0 Å². The molecule has 0 fully saturated rings. The van der Waals surface area contributed by atoms with E-state index in [1.165, 1.54) is 6.07 Å². The molecule has 0 heterocycles. The molecule has 0 radical (unpaired) electrons. The van der Waals surface area contributed by atoms with E-state index in [4.69, 9.17) is 22.1 Å². The highest BCUT2D eigenvalue weighted by molar-refractivity contribution is 7.86. The first-order chi connectivity index (χ1) is 8.59. The Hall–Kier alpha value is -1.64. The lowest BCUT2D eigenvalue weighted by Gasteiger charge is -2.02. The highest BCUT2D eigenvalue weighted by atomic mass is 32.3. The van der Waals surface area contributed by atoms with Gasteiger partial charge in [-0.25, -0.2) is 0 Å². The van der Waals surface area contributed by atoms with Gasteiger partial charge >= 0.3 is 10.4 Å². The molecule has 0 amide bonds. The van der Waals surface area contributed by atoms with Crippen molar-refractivity contribution in [1.29, 1.82) is 0 Å². The molecule has 128 valence electrons. The minimum atomic E-state index is -4.67. The zero-order valence-corrected chi connectivity index (χ0v) is 13.1. The molecule has 12 heteroatoms. The van der Waals surface area contributed by atoms with Gasteiger partial charge in [-0.1, -0.05) is 36.4 Å². The molecule has 0 saturated heterocycles. The van der Waals surface area contributed by atoms with E-state index in [2.05, 4.69) is 0 Å². The Bertz CT molecular complexity index is 778. The third kappa shape index (κ3) is 8.60. The largest absolute Gasteiger partial charge is 0.394 e. The maximum atomic E-state index is 11.0. The zero-order valence-electron chi connectivity index (χ0n) is 11.5. The molecule has 0 unspecified atom stereocenters. The van der Waals surface area contributed by atoms with Crippen molar-refractivity contribution in [2.24, 2.45) is 0 Å². The number of fused-ring (bicyclic) bond motifs is 1. The summed E-state index contributed by atoms with van der Waals surface area (Å²) in [4.78, 5) is -0.0457. The van der Waals surface area contributed by atoms with E-state index in [-0.39, 0.29) is 23.3 Å². The van der Waals surface area contributed by atoms with Crippen LogP contribution in [0, 0.1) is 0 Å². The number of rotatable bonds is 1. The third-order valence-electron chi connectivity index (χ3n) is 2.03. The lowest BCUT2D eigenvalue weighted by molar-refractivity contribution is 0.381. The first-order valence-electron chi connectivity index (χ1n) is 4.74. The first-order valence-corrected chi connectivity index (χ1v) is 7.58. The van der Waals surface area contributed by atoms with Crippen LogP contribution in [0.3, 0.4) is 0 Å². The molecule has 0 spiro atoms. The summed E-state index contributed by atoms with van der Waals surface area (Å²) in [5, 5.41) is 1.33. The molecule has 2 rings (SSSR count). The van der Waals surface area contributed by atoms with Crippen molar-refractivity contribution in [1.82, 2.24) is 18.5 Å². The topological polar surface area (TPSA) is 234 Å². The van der Waals surface area contributed by atoms with Crippen molar-refractivity contribution in [3.8, 4) is 0 Å². The van der Waals surface area contributed by atoms with Gasteiger partial charge in [-0.3, -0.25) is 13.7 Å². The van der Waals surface area contributed by atoms with Gasteiger partial charge < -0.3 is 18.5 Å². The van der Waals surface area contributed by atoms with Crippen LogP contribution < -0.4 is 18.5 Å². The standard InChI is InChI=1S/C10H8O3S.3H3N.H2O4S/c11-14(12,13)10-7-3-5-8-4-1-2-6-9(8)10;;;;1-5(2,3)4/h1-7H,(H,11,12,13);3*1H3;(H2,1,2,3,4). The molecule has 0 aliphatic rings. The normalized spacial score (nSPS) is 10.1. The summed E-state index contributed by atoms with van der Waals surface area (Å²) in [6.07, 6.45) is 0. The van der Waals surface area contributed by atoms with Crippen molar-refractivity contribution in [2.45, 2.75) is 4.90 Å². The van der Waals surface area contributed by atoms with Crippen LogP contribution in [0.2, 0.25) is 0 Å². The van der Waals surface area contributed by atoms with Crippen molar-refractivity contribution < 1.29 is 30.5 Å². The fourth-order valence-electron chi connectivity index (χ4n) is 1.42. The van der Waals surface area contributed by atoms with Crippen molar-refractivity contribution in [3.63, 3.8) is 0 Å². The van der Waals surface area contributed by atoms with Gasteiger partial charge in [0.1, 0.15) is 4.90 Å². The summed E-state index contributed by atoms with van der Waals surface area (Å²) in [6.45, 7) is 0. The van der Waals surface area contributed by atoms with E-state index in [0.717, 1.165) is 5.39 Å². The summed E-state index contributed by atoms with van der Waals surface area (Å²) in [6, 6.07) is 11.8. The number of benzene rings is 2. The lowest BCUT2D eigenvalue weighted by atomic mass is 10.1. The summed E-state index contributed by atoms with van der Waals surface area (Å²) in [7, 11) is -8.80. The molecule has 0 saturated carbocycles. The predicted molar refractivity (Wildman–Crippen MR) is 83.0 cm³/mol. The SMILES string of the molecule is N.N.N.O=S(=O)(O)O.O=S(=O)(O)c1cccc2ccccc12. The van der Waals surface area contributed by atoms with Crippen LogP contribution in [0.25, 0.3) is 10.8 Å². The molecule has 0 atom stereocenters. The quantitative estimate of drug-likeness (QED) is 0.405. The predicted octanol–water partition coefficient (Wildman–Crippen LogP) is 1.92. The average Bonchev–Trinajstić information content (AvgIpc) is 2.25. The van der Waals surface area contributed by atoms with E-state index in [1.54, 1.807) is 30.3 Å². The van der Waals surface area contributed by atoms with E-state index >= 15 is 0 Å². The van der Waals surface area contributed by atoms with Gasteiger partial charge in [0.25, 0.3) is 10.1 Å². The van der Waals surface area contributed by atoms with Crippen molar-refractivity contribution in [2.75, 3.05) is 0 Å². The Balaban J connectivity index is -0.000000401. The van der Waals surface area contributed by atoms with E-state index in [0.29, 0.717) is 5.39 Å². The monoisotopic (exact) mass is 357 g/mol. The summed E-state index contributed by atoms with van der Waals surface area (Å²) in [5.41, 5.74) is 0. The Morgan fingerprint density at radius 2 is 1.09 bits per heavy atom. The van der Waals surface area contributed by atoms with E-state index < -0.39 is 20.5 Å². The average molecular weight is 357 g/mol. The molecule has 0 aliphatic carbocycles. The number of hydrogen-bond donors (Lipinski definition) is 6. The Morgan fingerprint density at radius 3 is 1.55 bits per heavy atom. The minimum Gasteiger partial charge on any atom is -0.344 e. The number of hydrogen-bond acceptors (Lipinski definition) is 7. The minimum absolute atomic E-state index is 0. The molecule has 0 aromatic heterocycles. The fourth-order valence-corrected chi connectivity index (χ4v) is 2.13. The smallest absolute Gasteiger partial charge is 0.344 e. The van der Waals surface area contributed by atoms with Crippen LogP contribution in [-0.2, 0) is 20.5 Å². The zero-order chi connectivity index (χ0) is 14.7. The highest BCUT2D eigenvalue weighted by Crippen LogP contribution is 2.21. The third-order valence-corrected chi connectivity index (χ3v) is 2.94. The Kier molecular flexibility index (Phi) is 10.8. The molecular formula is C10H19N3O7S2. The van der Waals surface area contributed by atoms with Crippen LogP contribution in [0.5, 0.6) is 0 Å². The van der Waals surface area contributed by atoms with Crippen LogP contribution in [0.1, 0.15) is 0 Å². The highest BCUT2D eigenvalue weighted by Gasteiger charge is 2.12. The van der Waals surface area contributed by atoms with Crippen molar-refractivity contribution in [3.05, 3.63) is 42.5 Å². The summed E-state index contributed by atoms with van der Waals surface area (Å²) in [5.74, 6) is 0. The van der Waals surface area contributed by atoms with Crippen molar-refractivity contribution >= 4 is 31.3 Å². The van der Waals surface area contributed by atoms with Gasteiger partial charge in [0.15, 0.2) is 0 Å². The van der Waals surface area contributed by atoms with Gasteiger partial charge in [0, 0.05) is 5.39 Å². The summed E-state index contributed by atoms with van der Waals surface area (Å²) >= 11 is 0.